The Hall–Kier alpha value is -2.02. The summed E-state index contributed by atoms with van der Waals surface area (Å²) in [6.07, 6.45) is 1.27. The number of aromatic nitrogens is 4. The standard InChI is InChI=1S/C7H4ClN5O2/c8-5-1-2-6(7(3-5)13(14)15)12-4-9-10-11-12/h1-4H. The molecule has 7 nitrogen and oxygen atoms in total. The van der Waals surface area contributed by atoms with Crippen LogP contribution < -0.4 is 0 Å². The summed E-state index contributed by atoms with van der Waals surface area (Å²) in [6.45, 7) is 0. The first kappa shape index (κ1) is 9.53. The molecule has 2 aromatic rings. The molecule has 2 rings (SSSR count). The first-order valence-electron chi connectivity index (χ1n) is 3.86. The number of hydrogen-bond donors (Lipinski definition) is 0. The lowest BCUT2D eigenvalue weighted by Crippen LogP contribution is -2.00. The molecular formula is C7H4ClN5O2. The summed E-state index contributed by atoms with van der Waals surface area (Å²) in [5.41, 5.74) is 0.129. The molecule has 0 bridgehead atoms. The smallest absolute Gasteiger partial charge is 0.258 e. The fraction of sp³-hybridized carbons (Fsp3) is 0. The Bertz CT molecular complexity index is 498. The predicted octanol–water partition coefficient (Wildman–Crippen LogP) is 1.22. The van der Waals surface area contributed by atoms with E-state index in [-0.39, 0.29) is 11.4 Å². The Morgan fingerprint density at radius 1 is 1.47 bits per heavy atom. The zero-order valence-electron chi connectivity index (χ0n) is 7.24. The van der Waals surface area contributed by atoms with Crippen LogP contribution in [0, 0.1) is 10.1 Å². The van der Waals surface area contributed by atoms with Gasteiger partial charge in [-0.3, -0.25) is 10.1 Å². The van der Waals surface area contributed by atoms with Crippen molar-refractivity contribution in [1.82, 2.24) is 20.2 Å². The lowest BCUT2D eigenvalue weighted by Gasteiger charge is -2.00. The van der Waals surface area contributed by atoms with E-state index in [0.717, 1.165) is 0 Å². The van der Waals surface area contributed by atoms with Crippen molar-refractivity contribution in [2.24, 2.45) is 0 Å². The summed E-state index contributed by atoms with van der Waals surface area (Å²) in [6, 6.07) is 4.26. The van der Waals surface area contributed by atoms with Crippen molar-refractivity contribution >= 4 is 17.3 Å². The summed E-state index contributed by atoms with van der Waals surface area (Å²) in [5.74, 6) is 0. The lowest BCUT2D eigenvalue weighted by molar-refractivity contribution is -0.384. The van der Waals surface area contributed by atoms with Crippen LogP contribution in [-0.2, 0) is 0 Å². The Morgan fingerprint density at radius 3 is 2.87 bits per heavy atom. The number of nitrogens with zero attached hydrogens (tertiary/aromatic N) is 5. The minimum absolute atomic E-state index is 0.144. The molecular weight excluding hydrogens is 222 g/mol. The first-order valence-corrected chi connectivity index (χ1v) is 4.23. The Labute approximate surface area is 88.4 Å². The van der Waals surface area contributed by atoms with E-state index in [1.165, 1.54) is 29.2 Å². The van der Waals surface area contributed by atoms with Gasteiger partial charge in [-0.15, -0.1) is 5.10 Å². The van der Waals surface area contributed by atoms with E-state index >= 15 is 0 Å². The quantitative estimate of drug-likeness (QED) is 0.567. The van der Waals surface area contributed by atoms with Crippen LogP contribution in [0.25, 0.3) is 5.69 Å². The second-order valence-electron chi connectivity index (χ2n) is 2.64. The van der Waals surface area contributed by atoms with E-state index < -0.39 is 4.92 Å². The van der Waals surface area contributed by atoms with Crippen molar-refractivity contribution in [3.05, 3.63) is 39.7 Å². The number of nitro benzene ring substituents is 1. The molecule has 1 heterocycles. The highest BCUT2D eigenvalue weighted by Gasteiger charge is 2.16. The van der Waals surface area contributed by atoms with E-state index in [9.17, 15) is 10.1 Å². The monoisotopic (exact) mass is 225 g/mol. The molecule has 8 heteroatoms. The van der Waals surface area contributed by atoms with Gasteiger partial charge in [-0.2, -0.15) is 4.68 Å². The fourth-order valence-corrected chi connectivity index (χ4v) is 1.27. The summed E-state index contributed by atoms with van der Waals surface area (Å²) in [5, 5.41) is 21.4. The minimum atomic E-state index is -0.539. The van der Waals surface area contributed by atoms with Gasteiger partial charge in [0.1, 0.15) is 12.0 Å². The van der Waals surface area contributed by atoms with Gasteiger partial charge in [0.15, 0.2) is 0 Å². The van der Waals surface area contributed by atoms with Crippen LogP contribution >= 0.6 is 11.6 Å². The summed E-state index contributed by atoms with van der Waals surface area (Å²) in [4.78, 5) is 10.2. The van der Waals surface area contributed by atoms with Gasteiger partial charge in [-0.05, 0) is 22.6 Å². The van der Waals surface area contributed by atoms with E-state index in [4.69, 9.17) is 11.6 Å². The Morgan fingerprint density at radius 2 is 2.27 bits per heavy atom. The second kappa shape index (κ2) is 3.62. The number of halogens is 1. The molecule has 0 N–H and O–H groups in total. The maximum absolute atomic E-state index is 10.7. The van der Waals surface area contributed by atoms with Crippen molar-refractivity contribution in [3.63, 3.8) is 0 Å². The molecule has 0 saturated heterocycles. The molecule has 0 fully saturated rings. The highest BCUT2D eigenvalue weighted by Crippen LogP contribution is 2.25. The van der Waals surface area contributed by atoms with Crippen molar-refractivity contribution in [2.75, 3.05) is 0 Å². The minimum Gasteiger partial charge on any atom is -0.258 e. The first-order chi connectivity index (χ1) is 7.18. The highest BCUT2D eigenvalue weighted by atomic mass is 35.5. The van der Waals surface area contributed by atoms with Gasteiger partial charge < -0.3 is 0 Å². The zero-order chi connectivity index (χ0) is 10.8. The molecule has 1 aromatic heterocycles. The second-order valence-corrected chi connectivity index (χ2v) is 3.08. The number of nitro groups is 1. The van der Waals surface area contributed by atoms with Crippen LogP contribution in [-0.4, -0.2) is 25.1 Å². The van der Waals surface area contributed by atoms with E-state index in [1.54, 1.807) is 0 Å². The van der Waals surface area contributed by atoms with E-state index in [1.807, 2.05) is 0 Å². The summed E-state index contributed by atoms with van der Waals surface area (Å²) < 4.78 is 1.20. The lowest BCUT2D eigenvalue weighted by atomic mass is 10.3. The van der Waals surface area contributed by atoms with Crippen molar-refractivity contribution in [3.8, 4) is 5.69 Å². The number of tetrazole rings is 1. The predicted molar refractivity (Wildman–Crippen MR) is 50.8 cm³/mol. The molecule has 0 aliphatic rings. The number of rotatable bonds is 2. The van der Waals surface area contributed by atoms with Crippen LogP contribution in [0.4, 0.5) is 5.69 Å². The molecule has 0 aliphatic heterocycles. The maximum Gasteiger partial charge on any atom is 0.296 e. The van der Waals surface area contributed by atoms with Gasteiger partial charge in [0.2, 0.25) is 0 Å². The number of benzene rings is 1. The SMILES string of the molecule is O=[N+]([O-])c1cc(Cl)ccc1-n1cnnn1. The molecule has 15 heavy (non-hydrogen) atoms. The van der Waals surface area contributed by atoms with Crippen molar-refractivity contribution < 1.29 is 4.92 Å². The van der Waals surface area contributed by atoms with E-state index in [2.05, 4.69) is 15.5 Å². The van der Waals surface area contributed by atoms with Crippen LogP contribution in [0.1, 0.15) is 0 Å². The Balaban J connectivity index is 2.61. The molecule has 0 unspecified atom stereocenters. The molecule has 0 atom stereocenters. The Kier molecular flexibility index (Phi) is 2.30. The highest BCUT2D eigenvalue weighted by molar-refractivity contribution is 6.30. The molecule has 76 valence electrons. The molecule has 0 saturated carbocycles. The summed E-state index contributed by atoms with van der Waals surface area (Å²) >= 11 is 5.66. The molecule has 0 spiro atoms. The van der Waals surface area contributed by atoms with Gasteiger partial charge in [-0.1, -0.05) is 11.6 Å². The van der Waals surface area contributed by atoms with Gasteiger partial charge in [0.05, 0.1) is 4.92 Å². The molecule has 1 aromatic carbocycles. The molecule has 0 radical (unpaired) electrons. The van der Waals surface area contributed by atoms with Crippen LogP contribution in [0.15, 0.2) is 24.5 Å². The zero-order valence-corrected chi connectivity index (χ0v) is 8.00. The molecule has 0 amide bonds. The topological polar surface area (TPSA) is 86.7 Å². The average molecular weight is 226 g/mol. The van der Waals surface area contributed by atoms with Gasteiger partial charge in [-0.25, -0.2) is 0 Å². The van der Waals surface area contributed by atoms with Crippen LogP contribution in [0.3, 0.4) is 0 Å². The third-order valence-electron chi connectivity index (χ3n) is 1.73. The van der Waals surface area contributed by atoms with Gasteiger partial charge >= 0.3 is 0 Å². The number of hydrogen-bond acceptors (Lipinski definition) is 5. The third-order valence-corrected chi connectivity index (χ3v) is 1.97. The average Bonchev–Trinajstić information content (AvgIpc) is 2.70. The normalized spacial score (nSPS) is 10.2. The largest absolute Gasteiger partial charge is 0.296 e. The van der Waals surface area contributed by atoms with Gasteiger partial charge in [0.25, 0.3) is 5.69 Å². The van der Waals surface area contributed by atoms with Crippen molar-refractivity contribution in [2.45, 2.75) is 0 Å². The third kappa shape index (κ3) is 1.77. The fourth-order valence-electron chi connectivity index (χ4n) is 1.11. The summed E-state index contributed by atoms with van der Waals surface area (Å²) in [7, 11) is 0. The van der Waals surface area contributed by atoms with Crippen molar-refractivity contribution in [1.29, 1.82) is 0 Å². The molecule has 0 aliphatic carbocycles. The van der Waals surface area contributed by atoms with Gasteiger partial charge in [0, 0.05) is 11.1 Å². The van der Waals surface area contributed by atoms with E-state index in [0.29, 0.717) is 5.02 Å². The van der Waals surface area contributed by atoms with Crippen LogP contribution in [0.5, 0.6) is 0 Å². The van der Waals surface area contributed by atoms with Crippen LogP contribution in [0.2, 0.25) is 5.02 Å². The maximum atomic E-state index is 10.7.